The SMILES string of the molecule is CC(CO)CSc1cc(Cl)ccc1CO. The van der Waals surface area contributed by atoms with Gasteiger partial charge in [0.2, 0.25) is 0 Å². The maximum atomic E-state index is 9.13. The molecule has 0 bridgehead atoms. The van der Waals surface area contributed by atoms with Crippen molar-refractivity contribution in [1.29, 1.82) is 0 Å². The van der Waals surface area contributed by atoms with Gasteiger partial charge in [-0.25, -0.2) is 0 Å². The van der Waals surface area contributed by atoms with Crippen molar-refractivity contribution in [1.82, 2.24) is 0 Å². The number of aliphatic hydroxyl groups is 2. The summed E-state index contributed by atoms with van der Waals surface area (Å²) in [5.41, 5.74) is 0.884. The quantitative estimate of drug-likeness (QED) is 0.785. The molecule has 15 heavy (non-hydrogen) atoms. The minimum Gasteiger partial charge on any atom is -0.396 e. The van der Waals surface area contributed by atoms with Crippen molar-refractivity contribution < 1.29 is 10.2 Å². The average Bonchev–Trinajstić information content (AvgIpc) is 2.26. The van der Waals surface area contributed by atoms with E-state index in [4.69, 9.17) is 21.8 Å². The molecule has 84 valence electrons. The van der Waals surface area contributed by atoms with Crippen LogP contribution in [-0.2, 0) is 6.61 Å². The minimum absolute atomic E-state index is 0.0208. The van der Waals surface area contributed by atoms with E-state index in [9.17, 15) is 0 Å². The lowest BCUT2D eigenvalue weighted by Crippen LogP contribution is -2.03. The highest BCUT2D eigenvalue weighted by molar-refractivity contribution is 7.99. The Morgan fingerprint density at radius 1 is 1.40 bits per heavy atom. The van der Waals surface area contributed by atoms with Gasteiger partial charge in [-0.3, -0.25) is 0 Å². The number of benzene rings is 1. The molecule has 1 unspecified atom stereocenters. The summed E-state index contributed by atoms with van der Waals surface area (Å²) in [6, 6.07) is 5.45. The Balaban J connectivity index is 2.69. The summed E-state index contributed by atoms with van der Waals surface area (Å²) in [6.45, 7) is 2.19. The lowest BCUT2D eigenvalue weighted by Gasteiger charge is -2.10. The van der Waals surface area contributed by atoms with Gasteiger partial charge in [-0.15, -0.1) is 11.8 Å². The van der Waals surface area contributed by atoms with Gasteiger partial charge < -0.3 is 10.2 Å². The summed E-state index contributed by atoms with van der Waals surface area (Å²) in [7, 11) is 0. The fraction of sp³-hybridized carbons (Fsp3) is 0.455. The number of hydrogen-bond acceptors (Lipinski definition) is 3. The van der Waals surface area contributed by atoms with E-state index in [2.05, 4.69) is 0 Å². The first kappa shape index (κ1) is 12.8. The van der Waals surface area contributed by atoms with Crippen molar-refractivity contribution in [3.8, 4) is 0 Å². The molecule has 1 aromatic carbocycles. The molecule has 1 aromatic rings. The third kappa shape index (κ3) is 4.03. The van der Waals surface area contributed by atoms with Crippen molar-refractivity contribution in [2.75, 3.05) is 12.4 Å². The fourth-order valence-electron chi connectivity index (χ4n) is 1.08. The Kier molecular flexibility index (Phi) is 5.47. The molecule has 4 heteroatoms. The molecule has 0 radical (unpaired) electrons. The van der Waals surface area contributed by atoms with Crippen LogP contribution in [0.3, 0.4) is 0 Å². The summed E-state index contributed by atoms with van der Waals surface area (Å²) in [5.74, 6) is 1.07. The van der Waals surface area contributed by atoms with Crippen molar-refractivity contribution >= 4 is 23.4 Å². The van der Waals surface area contributed by atoms with Crippen LogP contribution in [0, 0.1) is 5.92 Å². The number of rotatable bonds is 5. The van der Waals surface area contributed by atoms with E-state index in [1.807, 2.05) is 19.1 Å². The van der Waals surface area contributed by atoms with Crippen LogP contribution in [0.4, 0.5) is 0 Å². The summed E-state index contributed by atoms with van der Waals surface area (Å²) in [6.07, 6.45) is 0. The number of halogens is 1. The molecule has 0 aliphatic heterocycles. The van der Waals surface area contributed by atoms with E-state index in [0.717, 1.165) is 16.2 Å². The van der Waals surface area contributed by atoms with Crippen LogP contribution in [0.25, 0.3) is 0 Å². The van der Waals surface area contributed by atoms with E-state index >= 15 is 0 Å². The molecule has 2 N–H and O–H groups in total. The van der Waals surface area contributed by atoms with Gasteiger partial charge in [0.1, 0.15) is 0 Å². The smallest absolute Gasteiger partial charge is 0.0692 e. The first-order chi connectivity index (χ1) is 7.17. The van der Waals surface area contributed by atoms with Gasteiger partial charge in [0.25, 0.3) is 0 Å². The van der Waals surface area contributed by atoms with Crippen LogP contribution in [0.15, 0.2) is 23.1 Å². The van der Waals surface area contributed by atoms with Gasteiger partial charge in [-0.1, -0.05) is 24.6 Å². The monoisotopic (exact) mass is 246 g/mol. The van der Waals surface area contributed by atoms with Gasteiger partial charge in [0, 0.05) is 22.3 Å². The van der Waals surface area contributed by atoms with Crippen molar-refractivity contribution in [2.24, 2.45) is 5.92 Å². The Morgan fingerprint density at radius 3 is 2.73 bits per heavy atom. The van der Waals surface area contributed by atoms with Crippen molar-refractivity contribution in [3.63, 3.8) is 0 Å². The van der Waals surface area contributed by atoms with E-state index in [-0.39, 0.29) is 19.1 Å². The molecule has 0 aliphatic rings. The molecule has 1 rings (SSSR count). The van der Waals surface area contributed by atoms with E-state index in [0.29, 0.717) is 5.02 Å². The van der Waals surface area contributed by atoms with E-state index in [1.54, 1.807) is 17.8 Å². The maximum Gasteiger partial charge on any atom is 0.0692 e. The van der Waals surface area contributed by atoms with E-state index < -0.39 is 0 Å². The predicted octanol–water partition coefficient (Wildman–Crippen LogP) is 2.55. The molecule has 0 aliphatic carbocycles. The highest BCUT2D eigenvalue weighted by Crippen LogP contribution is 2.27. The first-order valence-corrected chi connectivity index (χ1v) is 6.16. The molecule has 0 heterocycles. The Labute approximate surface area is 99.3 Å². The standard InChI is InChI=1S/C11H15ClO2S/c1-8(5-13)7-15-11-4-10(12)3-2-9(11)6-14/h2-4,8,13-14H,5-7H2,1H3. The zero-order chi connectivity index (χ0) is 11.3. The molecule has 1 atom stereocenters. The topological polar surface area (TPSA) is 40.5 Å². The highest BCUT2D eigenvalue weighted by Gasteiger charge is 2.06. The summed E-state index contributed by atoms with van der Waals surface area (Å²) < 4.78 is 0. The molecule has 0 aromatic heterocycles. The Morgan fingerprint density at radius 2 is 2.13 bits per heavy atom. The summed E-state index contributed by atoms with van der Waals surface area (Å²) in [5, 5.41) is 18.7. The molecule has 0 spiro atoms. The van der Waals surface area contributed by atoms with Gasteiger partial charge in [-0.05, 0) is 23.6 Å². The van der Waals surface area contributed by atoms with Crippen LogP contribution in [0.1, 0.15) is 12.5 Å². The highest BCUT2D eigenvalue weighted by atomic mass is 35.5. The Bertz CT molecular complexity index is 317. The largest absolute Gasteiger partial charge is 0.396 e. The van der Waals surface area contributed by atoms with Gasteiger partial charge in [0.05, 0.1) is 6.61 Å². The van der Waals surface area contributed by atoms with Gasteiger partial charge in [0.15, 0.2) is 0 Å². The Hall–Kier alpha value is -0.220. The zero-order valence-electron chi connectivity index (χ0n) is 8.61. The molecule has 0 saturated heterocycles. The summed E-state index contributed by atoms with van der Waals surface area (Å²) in [4.78, 5) is 0.991. The molecule has 0 amide bonds. The second-order valence-electron chi connectivity index (χ2n) is 3.51. The average molecular weight is 247 g/mol. The lowest BCUT2D eigenvalue weighted by atomic mass is 10.2. The second-order valence-corrected chi connectivity index (χ2v) is 5.01. The van der Waals surface area contributed by atoms with Crippen LogP contribution in [0.2, 0.25) is 5.02 Å². The predicted molar refractivity (Wildman–Crippen MR) is 64.3 cm³/mol. The fourth-order valence-corrected chi connectivity index (χ4v) is 2.41. The number of aliphatic hydroxyl groups excluding tert-OH is 2. The third-order valence-corrected chi connectivity index (χ3v) is 3.70. The number of hydrogen-bond donors (Lipinski definition) is 2. The van der Waals surface area contributed by atoms with Crippen LogP contribution >= 0.6 is 23.4 Å². The normalized spacial score (nSPS) is 12.8. The number of thioether (sulfide) groups is 1. The van der Waals surface area contributed by atoms with Crippen molar-refractivity contribution in [2.45, 2.75) is 18.4 Å². The molecule has 0 saturated carbocycles. The molecular formula is C11H15ClO2S. The van der Waals surface area contributed by atoms with Gasteiger partial charge in [-0.2, -0.15) is 0 Å². The lowest BCUT2D eigenvalue weighted by molar-refractivity contribution is 0.250. The molecular weight excluding hydrogens is 232 g/mol. The summed E-state index contributed by atoms with van der Waals surface area (Å²) >= 11 is 7.49. The van der Waals surface area contributed by atoms with Crippen LogP contribution < -0.4 is 0 Å². The third-order valence-electron chi connectivity index (χ3n) is 2.03. The van der Waals surface area contributed by atoms with E-state index in [1.165, 1.54) is 0 Å². The van der Waals surface area contributed by atoms with Crippen molar-refractivity contribution in [3.05, 3.63) is 28.8 Å². The van der Waals surface area contributed by atoms with Crippen LogP contribution in [0.5, 0.6) is 0 Å². The zero-order valence-corrected chi connectivity index (χ0v) is 10.2. The minimum atomic E-state index is 0.0208. The second kappa shape index (κ2) is 6.38. The first-order valence-electron chi connectivity index (χ1n) is 4.80. The molecule has 2 nitrogen and oxygen atoms in total. The molecule has 0 fully saturated rings. The van der Waals surface area contributed by atoms with Gasteiger partial charge >= 0.3 is 0 Å². The van der Waals surface area contributed by atoms with Crippen LogP contribution in [-0.4, -0.2) is 22.6 Å². The maximum absolute atomic E-state index is 9.13.